The van der Waals surface area contributed by atoms with E-state index >= 15 is 0 Å². The number of hydrogen-bond donors (Lipinski definition) is 3. The molecule has 6 nitrogen and oxygen atoms in total. The van der Waals surface area contributed by atoms with Crippen LogP contribution in [0.2, 0.25) is 9.36 Å². The molecular formula is C16H12Cl2F2N4O2S2. The quantitative estimate of drug-likeness (QED) is 0.463. The Labute approximate surface area is 173 Å². The third kappa shape index (κ3) is 4.53. The summed E-state index contributed by atoms with van der Waals surface area (Å²) < 4.78 is 55.5. The molecule has 0 spiro atoms. The second-order valence-corrected chi connectivity index (χ2v) is 9.20. The standard InChI is InChI=1S/C16H12Cl2F2N4O2S2/c17-9-5-13(28(25,26)24-16-22-7-14(18)27-16)11(20)6-12(9)23-15(21)8-3-1-2-4-10(8)19/h1-7,15,23H,21H2,(H,22,24)/t15-/m1/s1. The molecule has 28 heavy (non-hydrogen) atoms. The molecule has 0 saturated heterocycles. The van der Waals surface area contributed by atoms with E-state index in [9.17, 15) is 17.2 Å². The lowest BCUT2D eigenvalue weighted by atomic mass is 10.1. The Bertz CT molecular complexity index is 1130. The van der Waals surface area contributed by atoms with Crippen LogP contribution in [0.25, 0.3) is 0 Å². The van der Waals surface area contributed by atoms with Gasteiger partial charge in [0.2, 0.25) is 0 Å². The van der Waals surface area contributed by atoms with Gasteiger partial charge in [0, 0.05) is 5.56 Å². The first-order valence-electron chi connectivity index (χ1n) is 7.57. The summed E-state index contributed by atoms with van der Waals surface area (Å²) >= 11 is 12.7. The van der Waals surface area contributed by atoms with Crippen molar-refractivity contribution in [2.45, 2.75) is 11.1 Å². The van der Waals surface area contributed by atoms with E-state index in [0.29, 0.717) is 0 Å². The van der Waals surface area contributed by atoms with Crippen molar-refractivity contribution in [2.24, 2.45) is 5.73 Å². The van der Waals surface area contributed by atoms with Gasteiger partial charge in [0.1, 0.15) is 27.0 Å². The van der Waals surface area contributed by atoms with E-state index < -0.39 is 32.7 Å². The van der Waals surface area contributed by atoms with Crippen LogP contribution in [0.1, 0.15) is 11.7 Å². The summed E-state index contributed by atoms with van der Waals surface area (Å²) in [5.74, 6) is -1.63. The molecule has 0 aliphatic carbocycles. The molecule has 2 aromatic carbocycles. The highest BCUT2D eigenvalue weighted by molar-refractivity contribution is 7.93. The molecule has 1 heterocycles. The lowest BCUT2D eigenvalue weighted by molar-refractivity contribution is 0.570. The molecule has 0 bridgehead atoms. The van der Waals surface area contributed by atoms with Crippen molar-refractivity contribution in [3.8, 4) is 0 Å². The van der Waals surface area contributed by atoms with Crippen LogP contribution in [0.5, 0.6) is 0 Å². The van der Waals surface area contributed by atoms with Gasteiger partial charge in [-0.2, -0.15) is 0 Å². The fourth-order valence-corrected chi connectivity index (χ4v) is 4.71. The molecule has 0 unspecified atom stereocenters. The van der Waals surface area contributed by atoms with E-state index in [4.69, 9.17) is 28.9 Å². The van der Waals surface area contributed by atoms with Crippen LogP contribution in [-0.4, -0.2) is 13.4 Å². The molecule has 3 rings (SSSR count). The maximum absolute atomic E-state index is 14.5. The van der Waals surface area contributed by atoms with Gasteiger partial charge >= 0.3 is 0 Å². The predicted octanol–water partition coefficient (Wildman–Crippen LogP) is 4.60. The first-order valence-corrected chi connectivity index (χ1v) is 10.6. The van der Waals surface area contributed by atoms with E-state index in [2.05, 4.69) is 15.0 Å². The smallest absolute Gasteiger partial charge is 0.266 e. The van der Waals surface area contributed by atoms with Crippen molar-refractivity contribution in [3.63, 3.8) is 0 Å². The van der Waals surface area contributed by atoms with Gasteiger partial charge in [-0.1, -0.05) is 52.7 Å². The Hall–Kier alpha value is -1.98. The zero-order valence-electron chi connectivity index (χ0n) is 13.8. The molecule has 12 heteroatoms. The number of sulfonamides is 1. The summed E-state index contributed by atoms with van der Waals surface area (Å²) in [5.41, 5.74) is 6.04. The van der Waals surface area contributed by atoms with E-state index in [0.717, 1.165) is 23.5 Å². The van der Waals surface area contributed by atoms with Gasteiger partial charge in [-0.3, -0.25) is 4.72 Å². The fraction of sp³-hybridized carbons (Fsp3) is 0.0625. The Balaban J connectivity index is 1.87. The van der Waals surface area contributed by atoms with Gasteiger partial charge in [0.05, 0.1) is 16.9 Å². The highest BCUT2D eigenvalue weighted by Gasteiger charge is 2.23. The summed E-state index contributed by atoms with van der Waals surface area (Å²) in [4.78, 5) is 3.07. The maximum atomic E-state index is 14.5. The molecule has 3 aromatic rings. The number of anilines is 2. The summed E-state index contributed by atoms with van der Waals surface area (Å²) in [7, 11) is -4.30. The first-order chi connectivity index (χ1) is 13.2. The van der Waals surface area contributed by atoms with Crippen LogP contribution in [0.15, 0.2) is 47.5 Å². The van der Waals surface area contributed by atoms with Crippen molar-refractivity contribution in [1.29, 1.82) is 0 Å². The molecule has 0 aliphatic rings. The van der Waals surface area contributed by atoms with Crippen LogP contribution in [0.4, 0.5) is 19.6 Å². The molecule has 0 radical (unpaired) electrons. The van der Waals surface area contributed by atoms with Gasteiger partial charge in [-0.05, 0) is 18.2 Å². The third-order valence-corrected chi connectivity index (χ3v) is 6.39. The van der Waals surface area contributed by atoms with Gasteiger partial charge in [0.25, 0.3) is 10.0 Å². The highest BCUT2D eigenvalue weighted by Crippen LogP contribution is 2.32. The summed E-state index contributed by atoms with van der Waals surface area (Å²) in [6, 6.07) is 7.57. The molecule has 4 N–H and O–H groups in total. The normalized spacial score (nSPS) is 12.6. The molecule has 0 amide bonds. The third-order valence-electron chi connectivity index (χ3n) is 3.56. The topological polar surface area (TPSA) is 97.1 Å². The average molecular weight is 465 g/mol. The van der Waals surface area contributed by atoms with Crippen LogP contribution >= 0.6 is 34.5 Å². The lowest BCUT2D eigenvalue weighted by Gasteiger charge is -2.18. The number of aromatic nitrogens is 1. The maximum Gasteiger partial charge on any atom is 0.266 e. The molecule has 1 atom stereocenters. The van der Waals surface area contributed by atoms with Crippen LogP contribution in [0.3, 0.4) is 0 Å². The van der Waals surface area contributed by atoms with Crippen molar-refractivity contribution >= 4 is 55.4 Å². The molecule has 0 saturated carbocycles. The minimum absolute atomic E-state index is 0.00571. The number of hydrogen-bond acceptors (Lipinski definition) is 6. The van der Waals surface area contributed by atoms with E-state index in [1.165, 1.54) is 24.4 Å². The van der Waals surface area contributed by atoms with Crippen LogP contribution < -0.4 is 15.8 Å². The minimum Gasteiger partial charge on any atom is -0.365 e. The Morgan fingerprint density at radius 1 is 1.14 bits per heavy atom. The second kappa shape index (κ2) is 8.18. The minimum atomic E-state index is -4.30. The Morgan fingerprint density at radius 3 is 2.50 bits per heavy atom. The molecule has 0 fully saturated rings. The number of benzene rings is 2. The largest absolute Gasteiger partial charge is 0.365 e. The van der Waals surface area contributed by atoms with Crippen LogP contribution in [-0.2, 0) is 10.0 Å². The molecular weight excluding hydrogens is 453 g/mol. The van der Waals surface area contributed by atoms with Crippen molar-refractivity contribution in [1.82, 2.24) is 4.98 Å². The van der Waals surface area contributed by atoms with Crippen molar-refractivity contribution < 1.29 is 17.2 Å². The number of nitrogens with two attached hydrogens (primary N) is 1. The number of thiazole rings is 1. The molecule has 1 aromatic heterocycles. The summed E-state index contributed by atoms with van der Waals surface area (Å²) in [6.45, 7) is 0. The van der Waals surface area contributed by atoms with Gasteiger partial charge in [-0.15, -0.1) is 0 Å². The van der Waals surface area contributed by atoms with Crippen molar-refractivity contribution in [2.75, 3.05) is 10.0 Å². The predicted molar refractivity (Wildman–Crippen MR) is 106 cm³/mol. The van der Waals surface area contributed by atoms with Crippen LogP contribution in [0, 0.1) is 11.6 Å². The van der Waals surface area contributed by atoms with E-state index in [1.807, 2.05) is 0 Å². The number of nitrogens with zero attached hydrogens (tertiary/aromatic N) is 1. The van der Waals surface area contributed by atoms with E-state index in [1.54, 1.807) is 6.07 Å². The first kappa shape index (κ1) is 20.7. The number of halogens is 4. The molecule has 0 aliphatic heterocycles. The van der Waals surface area contributed by atoms with Gasteiger partial charge in [0.15, 0.2) is 5.13 Å². The van der Waals surface area contributed by atoms with Gasteiger partial charge in [-0.25, -0.2) is 22.2 Å². The highest BCUT2D eigenvalue weighted by atomic mass is 35.5. The zero-order chi connectivity index (χ0) is 20.5. The van der Waals surface area contributed by atoms with E-state index in [-0.39, 0.29) is 25.7 Å². The Kier molecular flexibility index (Phi) is 6.06. The lowest BCUT2D eigenvalue weighted by Crippen LogP contribution is -2.22. The van der Waals surface area contributed by atoms with Gasteiger partial charge < -0.3 is 11.1 Å². The second-order valence-electron chi connectivity index (χ2n) is 5.48. The van der Waals surface area contributed by atoms with Crippen molar-refractivity contribution in [3.05, 3.63) is 69.2 Å². The summed E-state index contributed by atoms with van der Waals surface area (Å²) in [5, 5.41) is 2.52. The molecule has 148 valence electrons. The fourth-order valence-electron chi connectivity index (χ4n) is 2.29. The zero-order valence-corrected chi connectivity index (χ0v) is 16.9. The average Bonchev–Trinajstić information content (AvgIpc) is 3.02. The monoisotopic (exact) mass is 464 g/mol. The summed E-state index contributed by atoms with van der Waals surface area (Å²) in [6.07, 6.45) is 0.223. The number of rotatable bonds is 6. The SMILES string of the molecule is N[C@H](Nc1cc(F)c(S(=O)(=O)Nc2ncc(Cl)s2)cc1Cl)c1ccccc1F. The Morgan fingerprint density at radius 2 is 1.86 bits per heavy atom. The number of nitrogens with one attached hydrogen (secondary N) is 2.